The molecule has 0 aliphatic heterocycles. The van der Waals surface area contributed by atoms with E-state index in [1.807, 2.05) is 19.9 Å². The number of aryl methyl sites for hydroxylation is 2. The Morgan fingerprint density at radius 3 is 2.57 bits per heavy atom. The zero-order chi connectivity index (χ0) is 15.4. The Bertz CT molecular complexity index is 679. The molecule has 0 unspecified atom stereocenters. The van der Waals surface area contributed by atoms with Crippen molar-refractivity contribution >= 4 is 11.8 Å². The number of hydrazine groups is 1. The minimum Gasteiger partial charge on any atom is -0.507 e. The summed E-state index contributed by atoms with van der Waals surface area (Å²) < 4.78 is 1.54. The number of benzene rings is 1. The van der Waals surface area contributed by atoms with E-state index in [0.717, 1.165) is 11.4 Å². The van der Waals surface area contributed by atoms with E-state index in [0.29, 0.717) is 0 Å². The summed E-state index contributed by atoms with van der Waals surface area (Å²) in [5.41, 5.74) is 6.29. The lowest BCUT2D eigenvalue weighted by Crippen LogP contribution is -2.43. The van der Waals surface area contributed by atoms with Crippen molar-refractivity contribution in [2.45, 2.75) is 20.4 Å². The third-order valence-corrected chi connectivity index (χ3v) is 2.86. The van der Waals surface area contributed by atoms with Crippen molar-refractivity contribution in [2.75, 3.05) is 0 Å². The van der Waals surface area contributed by atoms with Gasteiger partial charge in [-0.2, -0.15) is 5.10 Å². The summed E-state index contributed by atoms with van der Waals surface area (Å²) >= 11 is 0. The van der Waals surface area contributed by atoms with E-state index >= 15 is 0 Å². The number of aromatic nitrogens is 2. The number of rotatable bonds is 3. The van der Waals surface area contributed by atoms with Crippen LogP contribution in [0.15, 0.2) is 30.3 Å². The average Bonchev–Trinajstić information content (AvgIpc) is 2.74. The van der Waals surface area contributed by atoms with Crippen LogP contribution in [0.25, 0.3) is 0 Å². The first-order valence-electron chi connectivity index (χ1n) is 6.35. The molecule has 0 fully saturated rings. The first-order chi connectivity index (χ1) is 9.97. The maximum Gasteiger partial charge on any atom is 0.273 e. The van der Waals surface area contributed by atoms with Gasteiger partial charge in [0.15, 0.2) is 0 Å². The molecule has 0 atom stereocenters. The van der Waals surface area contributed by atoms with E-state index < -0.39 is 11.8 Å². The van der Waals surface area contributed by atoms with Gasteiger partial charge in [-0.1, -0.05) is 12.1 Å². The van der Waals surface area contributed by atoms with Crippen molar-refractivity contribution in [3.05, 3.63) is 47.3 Å². The molecule has 110 valence electrons. The summed E-state index contributed by atoms with van der Waals surface area (Å²) in [6.45, 7) is 3.68. The summed E-state index contributed by atoms with van der Waals surface area (Å²) in [5.74, 6) is -1.15. The fourth-order valence-corrected chi connectivity index (χ4v) is 1.87. The number of phenols is 1. The molecule has 2 amide bonds. The van der Waals surface area contributed by atoms with Gasteiger partial charge in [-0.25, -0.2) is 0 Å². The monoisotopic (exact) mass is 288 g/mol. The van der Waals surface area contributed by atoms with Crippen molar-refractivity contribution in [2.24, 2.45) is 0 Å². The van der Waals surface area contributed by atoms with Crippen molar-refractivity contribution in [1.29, 1.82) is 0 Å². The van der Waals surface area contributed by atoms with E-state index in [4.69, 9.17) is 0 Å². The van der Waals surface area contributed by atoms with Crippen LogP contribution in [0.5, 0.6) is 5.75 Å². The van der Waals surface area contributed by atoms with E-state index in [1.54, 1.807) is 12.1 Å². The van der Waals surface area contributed by atoms with Gasteiger partial charge in [0.2, 0.25) is 0 Å². The predicted octanol–water partition coefficient (Wildman–Crippen LogP) is 0.667. The first kappa shape index (κ1) is 14.6. The highest BCUT2D eigenvalue weighted by Crippen LogP contribution is 2.14. The van der Waals surface area contributed by atoms with Gasteiger partial charge in [0, 0.05) is 5.69 Å². The summed E-state index contributed by atoms with van der Waals surface area (Å²) in [5, 5.41) is 13.7. The Morgan fingerprint density at radius 2 is 1.95 bits per heavy atom. The lowest BCUT2D eigenvalue weighted by Gasteiger charge is -2.09. The van der Waals surface area contributed by atoms with Crippen LogP contribution in [-0.4, -0.2) is 26.7 Å². The molecule has 3 N–H and O–H groups in total. The number of nitrogens with zero attached hydrogens (tertiary/aromatic N) is 2. The summed E-state index contributed by atoms with van der Waals surface area (Å²) in [6, 6.07) is 7.93. The molecule has 0 aliphatic rings. The molecule has 1 aromatic heterocycles. The standard InChI is InChI=1S/C14H16N4O3/c1-9-7-10(2)18(17-9)8-13(20)15-16-14(21)11-5-3-4-6-12(11)19/h3-7,19H,8H2,1-2H3,(H,15,20)(H,16,21). The molecular formula is C14H16N4O3. The Morgan fingerprint density at radius 1 is 1.24 bits per heavy atom. The highest BCUT2D eigenvalue weighted by molar-refractivity contribution is 5.97. The van der Waals surface area contributed by atoms with E-state index in [-0.39, 0.29) is 17.9 Å². The molecule has 1 heterocycles. The van der Waals surface area contributed by atoms with E-state index in [1.165, 1.54) is 16.8 Å². The molecule has 0 saturated carbocycles. The quantitative estimate of drug-likeness (QED) is 0.723. The summed E-state index contributed by atoms with van der Waals surface area (Å²) in [7, 11) is 0. The van der Waals surface area contributed by atoms with Gasteiger partial charge in [-0.05, 0) is 32.0 Å². The first-order valence-corrected chi connectivity index (χ1v) is 6.35. The number of hydrogen-bond acceptors (Lipinski definition) is 4. The van der Waals surface area contributed by atoms with Crippen molar-refractivity contribution in [3.8, 4) is 5.75 Å². The van der Waals surface area contributed by atoms with Crippen LogP contribution in [0, 0.1) is 13.8 Å². The second kappa shape index (κ2) is 6.08. The fourth-order valence-electron chi connectivity index (χ4n) is 1.87. The zero-order valence-electron chi connectivity index (χ0n) is 11.8. The third kappa shape index (κ3) is 3.59. The third-order valence-electron chi connectivity index (χ3n) is 2.86. The minimum absolute atomic E-state index is 0.000719. The maximum atomic E-state index is 11.8. The second-order valence-corrected chi connectivity index (χ2v) is 4.60. The van der Waals surface area contributed by atoms with Gasteiger partial charge in [-0.15, -0.1) is 0 Å². The fraction of sp³-hybridized carbons (Fsp3) is 0.214. The van der Waals surface area contributed by atoms with Crippen LogP contribution >= 0.6 is 0 Å². The van der Waals surface area contributed by atoms with Crippen LogP contribution in [0.3, 0.4) is 0 Å². The smallest absolute Gasteiger partial charge is 0.273 e. The Kier molecular flexibility index (Phi) is 4.22. The lowest BCUT2D eigenvalue weighted by molar-refractivity contribution is -0.122. The molecule has 1 aromatic carbocycles. The molecular weight excluding hydrogens is 272 g/mol. The number of phenolic OH excluding ortho intramolecular Hbond substituents is 1. The van der Waals surface area contributed by atoms with Crippen LogP contribution in [0.4, 0.5) is 0 Å². The molecule has 7 nitrogen and oxygen atoms in total. The summed E-state index contributed by atoms with van der Waals surface area (Å²) in [6.07, 6.45) is 0. The number of amides is 2. The zero-order valence-corrected chi connectivity index (χ0v) is 11.8. The number of carbonyl (C=O) groups excluding carboxylic acids is 2. The number of nitrogens with one attached hydrogen (secondary N) is 2. The molecule has 21 heavy (non-hydrogen) atoms. The normalized spacial score (nSPS) is 10.2. The average molecular weight is 288 g/mol. The lowest BCUT2D eigenvalue weighted by atomic mass is 10.2. The van der Waals surface area contributed by atoms with Gasteiger partial charge in [-0.3, -0.25) is 25.1 Å². The van der Waals surface area contributed by atoms with E-state index in [2.05, 4.69) is 16.0 Å². The van der Waals surface area contributed by atoms with Gasteiger partial charge in [0.05, 0.1) is 11.3 Å². The molecule has 0 aliphatic carbocycles. The van der Waals surface area contributed by atoms with Crippen LogP contribution in [0.1, 0.15) is 21.7 Å². The predicted molar refractivity (Wildman–Crippen MR) is 75.4 cm³/mol. The van der Waals surface area contributed by atoms with Crippen molar-refractivity contribution in [3.63, 3.8) is 0 Å². The van der Waals surface area contributed by atoms with Gasteiger partial charge >= 0.3 is 0 Å². The van der Waals surface area contributed by atoms with Gasteiger partial charge in [0.1, 0.15) is 12.3 Å². The Labute approximate surface area is 121 Å². The van der Waals surface area contributed by atoms with Gasteiger partial charge < -0.3 is 5.11 Å². The molecule has 7 heteroatoms. The molecule has 0 radical (unpaired) electrons. The highest BCUT2D eigenvalue weighted by Gasteiger charge is 2.12. The maximum absolute atomic E-state index is 11.8. The van der Waals surface area contributed by atoms with Crippen LogP contribution in [-0.2, 0) is 11.3 Å². The van der Waals surface area contributed by atoms with Crippen LogP contribution < -0.4 is 10.9 Å². The topological polar surface area (TPSA) is 96.2 Å². The second-order valence-electron chi connectivity index (χ2n) is 4.60. The summed E-state index contributed by atoms with van der Waals surface area (Å²) in [4.78, 5) is 23.5. The number of aromatic hydroxyl groups is 1. The molecule has 0 saturated heterocycles. The largest absolute Gasteiger partial charge is 0.507 e. The Balaban J connectivity index is 1.91. The SMILES string of the molecule is Cc1cc(C)n(CC(=O)NNC(=O)c2ccccc2O)n1. The molecule has 0 bridgehead atoms. The Hall–Kier alpha value is -2.83. The van der Waals surface area contributed by atoms with Crippen molar-refractivity contribution < 1.29 is 14.7 Å². The number of para-hydroxylation sites is 1. The molecule has 0 spiro atoms. The minimum atomic E-state index is -0.588. The van der Waals surface area contributed by atoms with E-state index in [9.17, 15) is 14.7 Å². The van der Waals surface area contributed by atoms with Gasteiger partial charge in [0.25, 0.3) is 11.8 Å². The van der Waals surface area contributed by atoms with Crippen LogP contribution in [0.2, 0.25) is 0 Å². The molecule has 2 aromatic rings. The molecule has 2 rings (SSSR count). The van der Waals surface area contributed by atoms with Crippen molar-refractivity contribution in [1.82, 2.24) is 20.6 Å². The number of hydrogen-bond donors (Lipinski definition) is 3. The highest BCUT2D eigenvalue weighted by atomic mass is 16.3. The number of carbonyl (C=O) groups is 2.